The molecule has 3 aromatic rings. The maximum atomic E-state index is 13.3. The van der Waals surface area contributed by atoms with Crippen LogP contribution in [0.1, 0.15) is 46.5 Å². The molecule has 0 aliphatic carbocycles. The van der Waals surface area contributed by atoms with Gasteiger partial charge in [-0.15, -0.1) is 0 Å². The summed E-state index contributed by atoms with van der Waals surface area (Å²) in [5.41, 5.74) is 9.42. The molecular weight excluding hydrogens is 544 g/mol. The van der Waals surface area contributed by atoms with Gasteiger partial charge in [0, 0.05) is 29.0 Å². The van der Waals surface area contributed by atoms with Crippen LogP contribution in [-0.2, 0) is 22.7 Å². The molecule has 1 atom stereocenters. The highest BCUT2D eigenvalue weighted by molar-refractivity contribution is 6.08. The minimum atomic E-state index is -0.585. The van der Waals surface area contributed by atoms with Gasteiger partial charge in [0.1, 0.15) is 6.10 Å². The van der Waals surface area contributed by atoms with E-state index < -0.39 is 12.1 Å². The Kier molecular flexibility index (Phi) is 11.5. The predicted octanol–water partition coefficient (Wildman–Crippen LogP) is 3.15. The van der Waals surface area contributed by atoms with Crippen molar-refractivity contribution in [3.63, 3.8) is 0 Å². The number of oxime groups is 1. The molecule has 0 aromatic heterocycles. The van der Waals surface area contributed by atoms with Crippen LogP contribution in [0.25, 0.3) is 0 Å². The van der Waals surface area contributed by atoms with Crippen molar-refractivity contribution in [2.75, 3.05) is 30.5 Å². The lowest BCUT2D eigenvalue weighted by Crippen LogP contribution is -2.20. The molecule has 0 radical (unpaired) electrons. The van der Waals surface area contributed by atoms with Gasteiger partial charge < -0.3 is 46.0 Å². The lowest BCUT2D eigenvalue weighted by molar-refractivity contribution is -0.145. The van der Waals surface area contributed by atoms with Crippen molar-refractivity contribution < 1.29 is 39.2 Å². The third-order valence-electron chi connectivity index (χ3n) is 6.03. The van der Waals surface area contributed by atoms with Crippen molar-refractivity contribution in [3.8, 4) is 11.5 Å². The van der Waals surface area contributed by atoms with Crippen LogP contribution in [0.5, 0.6) is 11.5 Å². The van der Waals surface area contributed by atoms with Gasteiger partial charge in [0.05, 0.1) is 25.4 Å². The topological polar surface area (TPSA) is 185 Å². The van der Waals surface area contributed by atoms with Gasteiger partial charge in [-0.2, -0.15) is 0 Å². The quantitative estimate of drug-likeness (QED) is 0.0544. The first-order valence-electron chi connectivity index (χ1n) is 13.2. The number of carbonyl (C=O) groups is 2. The Labute approximate surface area is 243 Å². The summed E-state index contributed by atoms with van der Waals surface area (Å²) in [4.78, 5) is 25.3. The molecule has 0 aliphatic heterocycles. The highest BCUT2D eigenvalue weighted by Gasteiger charge is 2.19. The number of nitrogens with two attached hydrogens (primary N) is 1. The number of aliphatic hydroxyl groups is 2. The second kappa shape index (κ2) is 15.3. The second-order valence-electron chi connectivity index (χ2n) is 9.36. The van der Waals surface area contributed by atoms with E-state index in [1.54, 1.807) is 62.4 Å². The van der Waals surface area contributed by atoms with Gasteiger partial charge in [0.15, 0.2) is 23.9 Å². The minimum Gasteiger partial charge on any atom is -0.484 e. The summed E-state index contributed by atoms with van der Waals surface area (Å²) in [5.74, 6) is -0.520. The summed E-state index contributed by atoms with van der Waals surface area (Å²) < 4.78 is 16.6. The Hall–Kier alpha value is -4.81. The van der Waals surface area contributed by atoms with E-state index in [0.717, 1.165) is 5.56 Å². The molecule has 3 aromatic carbocycles. The third kappa shape index (κ3) is 8.59. The number of hydrogen-bond donors (Lipinski definition) is 6. The molecule has 1 amide bonds. The van der Waals surface area contributed by atoms with Crippen molar-refractivity contribution in [1.29, 1.82) is 0 Å². The second-order valence-corrected chi connectivity index (χ2v) is 9.36. The van der Waals surface area contributed by atoms with Gasteiger partial charge in [-0.25, -0.2) is 4.79 Å². The smallest absolute Gasteiger partial charge is 0.344 e. The van der Waals surface area contributed by atoms with Crippen LogP contribution in [0, 0.1) is 6.92 Å². The van der Waals surface area contributed by atoms with E-state index in [1.165, 1.54) is 0 Å². The van der Waals surface area contributed by atoms with E-state index in [-0.39, 0.29) is 56.2 Å². The van der Waals surface area contributed by atoms with Gasteiger partial charge in [-0.05, 0) is 74.9 Å². The van der Waals surface area contributed by atoms with E-state index in [2.05, 4.69) is 15.8 Å². The molecule has 0 saturated heterocycles. The van der Waals surface area contributed by atoms with Crippen molar-refractivity contribution in [2.45, 2.75) is 40.0 Å². The van der Waals surface area contributed by atoms with Crippen LogP contribution >= 0.6 is 0 Å². The molecule has 0 heterocycles. The first-order valence-corrected chi connectivity index (χ1v) is 13.2. The first kappa shape index (κ1) is 31.7. The molecule has 0 saturated carbocycles. The fraction of sp³-hybridized carbons (Fsp3) is 0.300. The number of amides is 1. The molecule has 0 fully saturated rings. The van der Waals surface area contributed by atoms with Crippen LogP contribution in [0.3, 0.4) is 0 Å². The van der Waals surface area contributed by atoms with Crippen LogP contribution in [0.15, 0.2) is 59.8 Å². The molecule has 12 nitrogen and oxygen atoms in total. The number of aryl methyl sites for hydroxylation is 1. The monoisotopic (exact) mass is 580 g/mol. The fourth-order valence-corrected chi connectivity index (χ4v) is 3.96. The maximum absolute atomic E-state index is 13.3. The van der Waals surface area contributed by atoms with E-state index >= 15 is 0 Å². The summed E-state index contributed by atoms with van der Waals surface area (Å²) >= 11 is 0. The number of carbonyl (C=O) groups excluding carboxylic acids is 2. The SMILES string of the molecule is CCOC(=O)COc1c(CNc2ccc(C)cc2C(=O)Nc2ccc(/C(N)=N/O)cc2)cc(CO)cc1OC(C)CO. The van der Waals surface area contributed by atoms with Gasteiger partial charge >= 0.3 is 5.97 Å². The first-order chi connectivity index (χ1) is 20.2. The molecule has 0 bridgehead atoms. The van der Waals surface area contributed by atoms with Crippen molar-refractivity contribution >= 4 is 29.1 Å². The lowest BCUT2D eigenvalue weighted by Gasteiger charge is -2.21. The van der Waals surface area contributed by atoms with Crippen LogP contribution in [-0.4, -0.2) is 59.1 Å². The molecule has 7 N–H and O–H groups in total. The lowest BCUT2D eigenvalue weighted by atomic mass is 10.1. The van der Waals surface area contributed by atoms with Gasteiger partial charge in [0.25, 0.3) is 5.91 Å². The van der Waals surface area contributed by atoms with E-state index in [9.17, 15) is 19.8 Å². The summed E-state index contributed by atoms with van der Waals surface area (Å²) in [6, 6.07) is 15.1. The highest BCUT2D eigenvalue weighted by atomic mass is 16.6. The Morgan fingerprint density at radius 1 is 1.07 bits per heavy atom. The van der Waals surface area contributed by atoms with Gasteiger partial charge in [-0.3, -0.25) is 4.79 Å². The van der Waals surface area contributed by atoms with Crippen LogP contribution < -0.4 is 25.8 Å². The van der Waals surface area contributed by atoms with Crippen LogP contribution in [0.2, 0.25) is 0 Å². The molecule has 3 rings (SSSR count). The Morgan fingerprint density at radius 2 is 1.81 bits per heavy atom. The number of nitrogens with zero attached hydrogens (tertiary/aromatic N) is 1. The number of aliphatic hydroxyl groups excluding tert-OH is 2. The zero-order chi connectivity index (χ0) is 30.6. The molecule has 0 spiro atoms. The Balaban J connectivity index is 1.90. The Morgan fingerprint density at radius 3 is 2.45 bits per heavy atom. The summed E-state index contributed by atoms with van der Waals surface area (Å²) in [6.45, 7) is 4.61. The standard InChI is InChI=1S/C30H36N4O8/c1-4-40-27(37)17-41-28-22(12-20(16-36)13-26(28)42-19(3)15-35)14-32-25-10-5-18(2)11-24(25)30(38)33-23-8-6-21(7-9-23)29(31)34-39/h5-13,19,32,35-36,39H,4,14-17H2,1-3H3,(H2,31,34)(H,33,38). The summed E-state index contributed by atoms with van der Waals surface area (Å²) in [5, 5.41) is 37.3. The van der Waals surface area contributed by atoms with E-state index in [4.69, 9.17) is 25.2 Å². The predicted molar refractivity (Wildman–Crippen MR) is 157 cm³/mol. The number of anilines is 2. The average Bonchev–Trinajstić information content (AvgIpc) is 2.99. The zero-order valence-electron chi connectivity index (χ0n) is 23.7. The normalized spacial score (nSPS) is 11.9. The number of nitrogens with one attached hydrogen (secondary N) is 2. The molecule has 224 valence electrons. The number of hydrogen-bond acceptors (Lipinski definition) is 10. The van der Waals surface area contributed by atoms with E-state index in [1.807, 2.05) is 13.0 Å². The molecular formula is C30H36N4O8. The average molecular weight is 581 g/mol. The molecule has 1 unspecified atom stereocenters. The number of rotatable bonds is 14. The number of amidine groups is 1. The molecule has 12 heteroatoms. The van der Waals surface area contributed by atoms with Crippen molar-refractivity contribution in [3.05, 3.63) is 82.4 Å². The number of esters is 1. The van der Waals surface area contributed by atoms with E-state index in [0.29, 0.717) is 33.6 Å². The van der Waals surface area contributed by atoms with Crippen molar-refractivity contribution in [2.24, 2.45) is 10.9 Å². The summed E-state index contributed by atoms with van der Waals surface area (Å²) in [6.07, 6.45) is -0.585. The van der Waals surface area contributed by atoms with Crippen LogP contribution in [0.4, 0.5) is 11.4 Å². The zero-order valence-corrected chi connectivity index (χ0v) is 23.7. The fourth-order valence-electron chi connectivity index (χ4n) is 3.96. The third-order valence-corrected chi connectivity index (χ3v) is 6.03. The Bertz CT molecular complexity index is 1410. The summed E-state index contributed by atoms with van der Waals surface area (Å²) in [7, 11) is 0. The van der Waals surface area contributed by atoms with Crippen molar-refractivity contribution in [1.82, 2.24) is 0 Å². The molecule has 0 aliphatic rings. The highest BCUT2D eigenvalue weighted by Crippen LogP contribution is 2.35. The number of benzene rings is 3. The van der Waals surface area contributed by atoms with Gasteiger partial charge in [0.2, 0.25) is 0 Å². The van der Waals surface area contributed by atoms with Gasteiger partial charge in [-0.1, -0.05) is 16.8 Å². The number of ether oxygens (including phenoxy) is 3. The molecule has 42 heavy (non-hydrogen) atoms. The maximum Gasteiger partial charge on any atom is 0.344 e. The minimum absolute atomic E-state index is 0.0479. The largest absolute Gasteiger partial charge is 0.484 e.